The van der Waals surface area contributed by atoms with Crippen LogP contribution in [0.3, 0.4) is 0 Å². The first-order chi connectivity index (χ1) is 7.43. The van der Waals surface area contributed by atoms with Crippen LogP contribution >= 0.6 is 0 Å². The molecule has 0 aromatic heterocycles. The predicted molar refractivity (Wildman–Crippen MR) is 68.7 cm³/mol. The molecule has 0 fully saturated rings. The van der Waals surface area contributed by atoms with Crippen molar-refractivity contribution >= 4 is 5.71 Å². The number of aliphatic imine (C=N–C) groups is 1. The van der Waals surface area contributed by atoms with Gasteiger partial charge in [-0.15, -0.1) is 0 Å². The molecule has 0 aromatic carbocycles. The van der Waals surface area contributed by atoms with Crippen LogP contribution in [-0.4, -0.2) is 12.3 Å². The second-order valence-corrected chi connectivity index (χ2v) is 4.45. The first kappa shape index (κ1) is 12.5. The van der Waals surface area contributed by atoms with Crippen LogP contribution in [0.15, 0.2) is 17.1 Å². The lowest BCUT2D eigenvalue weighted by molar-refractivity contribution is 0.569. The second kappa shape index (κ2) is 8.70. The van der Waals surface area contributed by atoms with E-state index >= 15 is 0 Å². The molecule has 0 amide bonds. The maximum absolute atomic E-state index is 4.68. The Morgan fingerprint density at radius 1 is 0.867 bits per heavy atom. The zero-order valence-corrected chi connectivity index (χ0v) is 10.2. The molecule has 0 radical (unpaired) electrons. The number of hydrogen-bond donors (Lipinski definition) is 0. The van der Waals surface area contributed by atoms with Crippen molar-refractivity contribution in [2.24, 2.45) is 4.99 Å². The summed E-state index contributed by atoms with van der Waals surface area (Å²) in [5, 5.41) is 0. The molecule has 1 aliphatic heterocycles. The molecule has 1 rings (SSSR count). The van der Waals surface area contributed by atoms with Gasteiger partial charge in [-0.25, -0.2) is 0 Å². The molecule has 0 N–H and O–H groups in total. The summed E-state index contributed by atoms with van der Waals surface area (Å²) < 4.78 is 0. The summed E-state index contributed by atoms with van der Waals surface area (Å²) in [6, 6.07) is 0. The maximum Gasteiger partial charge on any atom is 0.0392 e. The molecule has 0 spiro atoms. The summed E-state index contributed by atoms with van der Waals surface area (Å²) in [5.41, 5.74) is 1.32. The number of rotatable bonds is 1. The van der Waals surface area contributed by atoms with E-state index in [1.807, 2.05) is 0 Å². The largest absolute Gasteiger partial charge is 0.290 e. The van der Waals surface area contributed by atoms with E-state index in [1.165, 1.54) is 63.5 Å². The normalized spacial score (nSPS) is 21.8. The highest BCUT2D eigenvalue weighted by Gasteiger charge is 1.98. The van der Waals surface area contributed by atoms with Gasteiger partial charge in [0.2, 0.25) is 0 Å². The number of hydrogen-bond acceptors (Lipinski definition) is 1. The van der Waals surface area contributed by atoms with Gasteiger partial charge in [0.05, 0.1) is 0 Å². The van der Waals surface area contributed by atoms with Gasteiger partial charge in [0, 0.05) is 12.3 Å². The van der Waals surface area contributed by atoms with E-state index in [1.54, 1.807) is 0 Å². The fraction of sp³-hybridized carbons (Fsp3) is 0.786. The van der Waals surface area contributed by atoms with Crippen LogP contribution in [0.1, 0.15) is 64.7 Å². The molecule has 0 atom stereocenters. The van der Waals surface area contributed by atoms with Crippen molar-refractivity contribution in [1.82, 2.24) is 0 Å². The van der Waals surface area contributed by atoms with Crippen molar-refractivity contribution in [2.75, 3.05) is 6.54 Å². The summed E-state index contributed by atoms with van der Waals surface area (Å²) in [5.74, 6) is 0. The highest BCUT2D eigenvalue weighted by molar-refractivity contribution is 5.94. The van der Waals surface area contributed by atoms with Crippen LogP contribution in [0, 0.1) is 0 Å². The van der Waals surface area contributed by atoms with E-state index in [9.17, 15) is 0 Å². The first-order valence-electron chi connectivity index (χ1n) is 6.59. The van der Waals surface area contributed by atoms with Crippen molar-refractivity contribution in [3.05, 3.63) is 12.2 Å². The molecule has 0 bridgehead atoms. The molecule has 0 unspecified atom stereocenters. The smallest absolute Gasteiger partial charge is 0.0392 e. The van der Waals surface area contributed by atoms with Crippen LogP contribution in [0.25, 0.3) is 0 Å². The van der Waals surface area contributed by atoms with Gasteiger partial charge in [-0.3, -0.25) is 4.99 Å². The number of allylic oxidation sites excluding steroid dienone is 2. The molecular formula is C14H25N. The molecule has 0 aliphatic carbocycles. The van der Waals surface area contributed by atoms with Crippen LogP contribution < -0.4 is 0 Å². The third-order valence-corrected chi connectivity index (χ3v) is 3.01. The third-order valence-electron chi connectivity index (χ3n) is 3.01. The van der Waals surface area contributed by atoms with Crippen molar-refractivity contribution < 1.29 is 0 Å². The van der Waals surface area contributed by atoms with Gasteiger partial charge in [-0.05, 0) is 32.3 Å². The predicted octanol–water partition coefficient (Wildman–Crippen LogP) is 4.53. The number of nitrogens with zero attached hydrogens (tertiary/aromatic N) is 1. The molecular weight excluding hydrogens is 182 g/mol. The summed E-state index contributed by atoms with van der Waals surface area (Å²) in [6.07, 6.45) is 16.5. The minimum atomic E-state index is 1.04. The van der Waals surface area contributed by atoms with Crippen molar-refractivity contribution in [3.63, 3.8) is 0 Å². The maximum atomic E-state index is 4.68. The molecule has 0 saturated heterocycles. The average molecular weight is 207 g/mol. The monoisotopic (exact) mass is 207 g/mol. The van der Waals surface area contributed by atoms with Crippen LogP contribution in [0.4, 0.5) is 0 Å². The van der Waals surface area contributed by atoms with Crippen molar-refractivity contribution in [2.45, 2.75) is 64.7 Å². The zero-order valence-electron chi connectivity index (χ0n) is 10.2. The van der Waals surface area contributed by atoms with Crippen molar-refractivity contribution in [1.29, 1.82) is 0 Å². The molecule has 0 aromatic rings. The van der Waals surface area contributed by atoms with E-state index in [2.05, 4.69) is 24.1 Å². The molecule has 1 heteroatoms. The summed E-state index contributed by atoms with van der Waals surface area (Å²) in [4.78, 5) is 4.68. The Hall–Kier alpha value is -0.590. The summed E-state index contributed by atoms with van der Waals surface area (Å²) >= 11 is 0. The Labute approximate surface area is 94.7 Å². The highest BCUT2D eigenvalue weighted by atomic mass is 14.7. The Kier molecular flexibility index (Phi) is 7.24. The van der Waals surface area contributed by atoms with Crippen LogP contribution in [0.2, 0.25) is 0 Å². The van der Waals surface area contributed by atoms with E-state index in [0.29, 0.717) is 0 Å². The van der Waals surface area contributed by atoms with Crippen molar-refractivity contribution in [3.8, 4) is 0 Å². The topological polar surface area (TPSA) is 12.4 Å². The molecule has 0 saturated carbocycles. The van der Waals surface area contributed by atoms with Gasteiger partial charge in [0.25, 0.3) is 0 Å². The first-order valence-corrected chi connectivity index (χ1v) is 6.59. The minimum absolute atomic E-state index is 1.04. The lowest BCUT2D eigenvalue weighted by Gasteiger charge is -2.06. The SMILES string of the molecule is C/C=C\C1=NCCCCCCCCCC1. The molecule has 1 nitrogen and oxygen atoms in total. The summed E-state index contributed by atoms with van der Waals surface area (Å²) in [6.45, 7) is 3.12. The van der Waals surface area contributed by atoms with Gasteiger partial charge < -0.3 is 0 Å². The fourth-order valence-corrected chi connectivity index (χ4v) is 2.11. The highest BCUT2D eigenvalue weighted by Crippen LogP contribution is 2.12. The van der Waals surface area contributed by atoms with Crippen LogP contribution in [-0.2, 0) is 0 Å². The van der Waals surface area contributed by atoms with Gasteiger partial charge in [-0.2, -0.15) is 0 Å². The quantitative estimate of drug-likeness (QED) is 0.599. The zero-order chi connectivity index (χ0) is 10.8. The Morgan fingerprint density at radius 3 is 2.13 bits per heavy atom. The summed E-state index contributed by atoms with van der Waals surface area (Å²) in [7, 11) is 0. The van der Waals surface area contributed by atoms with Gasteiger partial charge in [0.15, 0.2) is 0 Å². The minimum Gasteiger partial charge on any atom is -0.290 e. The van der Waals surface area contributed by atoms with E-state index in [-0.39, 0.29) is 0 Å². The van der Waals surface area contributed by atoms with Gasteiger partial charge in [0.1, 0.15) is 0 Å². The Bertz CT molecular complexity index is 203. The lowest BCUT2D eigenvalue weighted by Crippen LogP contribution is -1.97. The molecule has 1 aliphatic rings. The molecule has 1 heterocycles. The Balaban J connectivity index is 2.38. The van der Waals surface area contributed by atoms with Crippen LogP contribution in [0.5, 0.6) is 0 Å². The van der Waals surface area contributed by atoms with E-state index in [4.69, 9.17) is 0 Å². The second-order valence-electron chi connectivity index (χ2n) is 4.45. The van der Waals surface area contributed by atoms with Gasteiger partial charge in [-0.1, -0.05) is 44.6 Å². The average Bonchev–Trinajstić information content (AvgIpc) is 2.22. The molecule has 86 valence electrons. The molecule has 15 heavy (non-hydrogen) atoms. The van der Waals surface area contributed by atoms with E-state index in [0.717, 1.165) is 6.54 Å². The fourth-order valence-electron chi connectivity index (χ4n) is 2.11. The van der Waals surface area contributed by atoms with E-state index < -0.39 is 0 Å². The van der Waals surface area contributed by atoms with Gasteiger partial charge >= 0.3 is 0 Å². The Morgan fingerprint density at radius 2 is 1.47 bits per heavy atom. The standard InChI is InChI=1S/C14H25N/c1-2-11-14-12-9-7-5-3-4-6-8-10-13-15-14/h2,11H,3-10,12-13H2,1H3/b11-2-,15-14?. The third kappa shape index (κ3) is 6.48. The lowest BCUT2D eigenvalue weighted by atomic mass is 10.0.